The van der Waals surface area contributed by atoms with E-state index >= 15 is 0 Å². The summed E-state index contributed by atoms with van der Waals surface area (Å²) in [6.45, 7) is 0. The fourth-order valence-corrected chi connectivity index (χ4v) is 2.02. The first-order chi connectivity index (χ1) is 9.12. The molecular formula is C13H9F6N. The second kappa shape index (κ2) is 4.57. The maximum atomic E-state index is 13.0. The van der Waals surface area contributed by atoms with Gasteiger partial charge in [0, 0.05) is 24.5 Å². The molecule has 0 atom stereocenters. The number of hydrogen-bond donors (Lipinski definition) is 0. The minimum Gasteiger partial charge on any atom is -0.351 e. The lowest BCUT2D eigenvalue weighted by Crippen LogP contribution is -2.15. The van der Waals surface area contributed by atoms with Crippen LogP contribution in [0.2, 0.25) is 0 Å². The van der Waals surface area contributed by atoms with Crippen molar-refractivity contribution in [1.82, 2.24) is 4.57 Å². The molecule has 7 heteroatoms. The second-order valence-electron chi connectivity index (χ2n) is 4.23. The van der Waals surface area contributed by atoms with Crippen molar-refractivity contribution in [3.63, 3.8) is 0 Å². The Hall–Kier alpha value is -1.92. The SMILES string of the molecule is Cn1cccc1-c1c(C(F)(F)F)cccc1C(F)(F)F. The van der Waals surface area contributed by atoms with E-state index in [0.29, 0.717) is 12.1 Å². The van der Waals surface area contributed by atoms with E-state index in [2.05, 4.69) is 0 Å². The van der Waals surface area contributed by atoms with Gasteiger partial charge < -0.3 is 4.57 Å². The maximum absolute atomic E-state index is 13.0. The first-order valence-electron chi connectivity index (χ1n) is 5.51. The molecule has 0 fully saturated rings. The number of benzene rings is 1. The van der Waals surface area contributed by atoms with Gasteiger partial charge in [-0.2, -0.15) is 26.3 Å². The van der Waals surface area contributed by atoms with Crippen molar-refractivity contribution in [2.45, 2.75) is 12.4 Å². The van der Waals surface area contributed by atoms with Gasteiger partial charge in [-0.15, -0.1) is 0 Å². The van der Waals surface area contributed by atoms with Crippen molar-refractivity contribution in [3.8, 4) is 11.3 Å². The number of aromatic nitrogens is 1. The number of halogens is 6. The normalized spacial score (nSPS) is 12.8. The number of rotatable bonds is 1. The molecule has 1 aromatic carbocycles. The van der Waals surface area contributed by atoms with Crippen molar-refractivity contribution in [2.24, 2.45) is 7.05 Å². The van der Waals surface area contributed by atoms with Crippen LogP contribution in [-0.4, -0.2) is 4.57 Å². The number of alkyl halides is 6. The Balaban J connectivity index is 2.83. The summed E-state index contributed by atoms with van der Waals surface area (Å²) >= 11 is 0. The second-order valence-corrected chi connectivity index (χ2v) is 4.23. The van der Waals surface area contributed by atoms with Crippen LogP contribution in [0.5, 0.6) is 0 Å². The predicted molar refractivity (Wildman–Crippen MR) is 60.9 cm³/mol. The molecule has 0 aliphatic carbocycles. The predicted octanol–water partition coefficient (Wildman–Crippen LogP) is 4.73. The first-order valence-corrected chi connectivity index (χ1v) is 5.51. The molecule has 0 unspecified atom stereocenters. The van der Waals surface area contributed by atoms with Crippen LogP contribution in [0.4, 0.5) is 26.3 Å². The maximum Gasteiger partial charge on any atom is 0.417 e. The zero-order valence-electron chi connectivity index (χ0n) is 10.2. The van der Waals surface area contributed by atoms with Crippen LogP contribution in [0.1, 0.15) is 11.1 Å². The number of hydrogen-bond acceptors (Lipinski definition) is 0. The van der Waals surface area contributed by atoms with E-state index < -0.39 is 29.0 Å². The van der Waals surface area contributed by atoms with Crippen LogP contribution >= 0.6 is 0 Å². The summed E-state index contributed by atoms with van der Waals surface area (Å²) in [7, 11) is 1.39. The topological polar surface area (TPSA) is 4.93 Å². The van der Waals surface area contributed by atoms with Gasteiger partial charge in [0.1, 0.15) is 0 Å². The van der Waals surface area contributed by atoms with E-state index in [-0.39, 0.29) is 5.69 Å². The third kappa shape index (κ3) is 2.52. The van der Waals surface area contributed by atoms with Crippen molar-refractivity contribution >= 4 is 0 Å². The van der Waals surface area contributed by atoms with Crippen molar-refractivity contribution in [1.29, 1.82) is 0 Å². The van der Waals surface area contributed by atoms with E-state index in [1.165, 1.54) is 29.9 Å². The summed E-state index contributed by atoms with van der Waals surface area (Å²) < 4.78 is 79.0. The van der Waals surface area contributed by atoms with Gasteiger partial charge in [-0.25, -0.2) is 0 Å². The molecule has 0 saturated carbocycles. The Morgan fingerprint density at radius 3 is 1.65 bits per heavy atom. The van der Waals surface area contributed by atoms with Crippen LogP contribution in [-0.2, 0) is 19.4 Å². The third-order valence-corrected chi connectivity index (χ3v) is 2.88. The highest BCUT2D eigenvalue weighted by Crippen LogP contribution is 2.44. The van der Waals surface area contributed by atoms with Gasteiger partial charge in [0.15, 0.2) is 0 Å². The van der Waals surface area contributed by atoms with Gasteiger partial charge in [-0.05, 0) is 24.3 Å². The van der Waals surface area contributed by atoms with Gasteiger partial charge in [0.05, 0.1) is 11.1 Å². The molecule has 0 amide bonds. The van der Waals surface area contributed by atoms with Gasteiger partial charge >= 0.3 is 12.4 Å². The highest BCUT2D eigenvalue weighted by Gasteiger charge is 2.41. The fourth-order valence-electron chi connectivity index (χ4n) is 2.02. The van der Waals surface area contributed by atoms with Crippen LogP contribution in [0.25, 0.3) is 11.3 Å². The quantitative estimate of drug-likeness (QED) is 0.670. The lowest BCUT2D eigenvalue weighted by Gasteiger charge is -2.19. The van der Waals surface area contributed by atoms with Crippen LogP contribution in [0, 0.1) is 0 Å². The molecule has 0 bridgehead atoms. The standard InChI is InChI=1S/C13H9F6N/c1-20-7-3-6-10(20)11-8(12(14,15)16)4-2-5-9(11)13(17,18)19/h2-7H,1H3. The molecule has 0 radical (unpaired) electrons. The van der Waals surface area contributed by atoms with E-state index in [9.17, 15) is 26.3 Å². The summed E-state index contributed by atoms with van der Waals surface area (Å²) in [6, 6.07) is 4.68. The molecule has 0 N–H and O–H groups in total. The van der Waals surface area contributed by atoms with Gasteiger partial charge in [-0.1, -0.05) is 6.07 Å². The Morgan fingerprint density at radius 1 is 0.800 bits per heavy atom. The molecule has 1 aromatic heterocycles. The molecule has 1 nitrogen and oxygen atoms in total. The lowest BCUT2D eigenvalue weighted by molar-refractivity contribution is -0.142. The minimum atomic E-state index is -4.86. The average molecular weight is 293 g/mol. The fraction of sp³-hybridized carbons (Fsp3) is 0.231. The van der Waals surface area contributed by atoms with E-state index in [0.717, 1.165) is 6.07 Å². The zero-order valence-corrected chi connectivity index (χ0v) is 10.2. The zero-order chi connectivity index (χ0) is 15.1. The highest BCUT2D eigenvalue weighted by atomic mass is 19.4. The van der Waals surface area contributed by atoms with E-state index in [1.807, 2.05) is 0 Å². The van der Waals surface area contributed by atoms with Crippen molar-refractivity contribution in [2.75, 3.05) is 0 Å². The Morgan fingerprint density at radius 2 is 1.30 bits per heavy atom. The molecule has 2 aromatic rings. The smallest absolute Gasteiger partial charge is 0.351 e. The monoisotopic (exact) mass is 293 g/mol. The van der Waals surface area contributed by atoms with Crippen molar-refractivity contribution < 1.29 is 26.3 Å². The molecule has 0 spiro atoms. The van der Waals surface area contributed by atoms with Gasteiger partial charge in [0.25, 0.3) is 0 Å². The summed E-state index contributed by atoms with van der Waals surface area (Å²) in [4.78, 5) is 0. The number of nitrogens with zero attached hydrogens (tertiary/aromatic N) is 1. The molecule has 108 valence electrons. The Bertz CT molecular complexity index is 588. The lowest BCUT2D eigenvalue weighted by atomic mass is 9.97. The molecule has 2 rings (SSSR count). The Labute approximate surface area is 110 Å². The highest BCUT2D eigenvalue weighted by molar-refractivity contribution is 5.70. The largest absolute Gasteiger partial charge is 0.417 e. The number of aryl methyl sites for hydroxylation is 1. The molecular weight excluding hydrogens is 284 g/mol. The van der Waals surface area contributed by atoms with Gasteiger partial charge in [-0.3, -0.25) is 0 Å². The average Bonchev–Trinajstić information content (AvgIpc) is 2.72. The molecule has 0 aliphatic heterocycles. The van der Waals surface area contributed by atoms with Crippen molar-refractivity contribution in [3.05, 3.63) is 47.7 Å². The van der Waals surface area contributed by atoms with Gasteiger partial charge in [0.2, 0.25) is 0 Å². The Kier molecular flexibility index (Phi) is 3.31. The van der Waals surface area contributed by atoms with E-state index in [1.54, 1.807) is 0 Å². The van der Waals surface area contributed by atoms with Crippen LogP contribution in [0.15, 0.2) is 36.5 Å². The molecule has 20 heavy (non-hydrogen) atoms. The van der Waals surface area contributed by atoms with E-state index in [4.69, 9.17) is 0 Å². The summed E-state index contributed by atoms with van der Waals surface area (Å²) in [6.07, 6.45) is -8.33. The minimum absolute atomic E-state index is 0.134. The molecule has 0 saturated heterocycles. The third-order valence-electron chi connectivity index (χ3n) is 2.88. The summed E-state index contributed by atoms with van der Waals surface area (Å²) in [5.74, 6) is 0. The summed E-state index contributed by atoms with van der Waals surface area (Å²) in [5.41, 5.74) is -3.58. The van der Waals surface area contributed by atoms with Crippen LogP contribution in [0.3, 0.4) is 0 Å². The molecule has 1 heterocycles. The summed E-state index contributed by atoms with van der Waals surface area (Å²) in [5, 5.41) is 0. The molecule has 0 aliphatic rings. The first kappa shape index (κ1) is 14.5. The van der Waals surface area contributed by atoms with Crippen LogP contribution < -0.4 is 0 Å².